The molecule has 0 radical (unpaired) electrons. The van der Waals surface area contributed by atoms with Gasteiger partial charge in [-0.15, -0.1) is 10.2 Å². The van der Waals surface area contributed by atoms with Gasteiger partial charge in [-0.25, -0.2) is 0 Å². The van der Waals surface area contributed by atoms with Gasteiger partial charge >= 0.3 is 0 Å². The van der Waals surface area contributed by atoms with E-state index >= 15 is 0 Å². The van der Waals surface area contributed by atoms with Crippen LogP contribution in [-0.4, -0.2) is 10.2 Å². The van der Waals surface area contributed by atoms with Crippen LogP contribution in [0.25, 0.3) is 0 Å². The van der Waals surface area contributed by atoms with E-state index in [1.165, 1.54) is 16.9 Å². The van der Waals surface area contributed by atoms with Crippen LogP contribution in [0, 0.1) is 6.92 Å². The lowest BCUT2D eigenvalue weighted by Gasteiger charge is -2.11. The molecule has 5 heteroatoms. The molecule has 4 nitrogen and oxygen atoms in total. The zero-order chi connectivity index (χ0) is 15.4. The van der Waals surface area contributed by atoms with Gasteiger partial charge in [-0.05, 0) is 38.1 Å². The van der Waals surface area contributed by atoms with Crippen LogP contribution in [-0.2, 0) is 0 Å². The lowest BCUT2D eigenvalue weighted by atomic mass is 10.2. The fraction of sp³-hybridized carbons (Fsp3) is 0.176. The van der Waals surface area contributed by atoms with E-state index in [1.807, 2.05) is 61.5 Å². The van der Waals surface area contributed by atoms with Gasteiger partial charge in [0.2, 0.25) is 5.13 Å². The number of ether oxygens (including phenoxy) is 1. The molecule has 0 saturated carbocycles. The summed E-state index contributed by atoms with van der Waals surface area (Å²) in [5, 5.41) is 13.2. The summed E-state index contributed by atoms with van der Waals surface area (Å²) in [5.41, 5.74) is 2.21. The maximum absolute atomic E-state index is 5.90. The highest BCUT2D eigenvalue weighted by Gasteiger charge is 2.13. The number of nitrogens with one attached hydrogen (secondary N) is 1. The predicted molar refractivity (Wildman–Crippen MR) is 89.9 cm³/mol. The Morgan fingerprint density at radius 1 is 1.00 bits per heavy atom. The van der Waals surface area contributed by atoms with Crippen LogP contribution < -0.4 is 10.1 Å². The van der Waals surface area contributed by atoms with Crippen molar-refractivity contribution >= 4 is 22.2 Å². The van der Waals surface area contributed by atoms with Crippen LogP contribution >= 0.6 is 11.3 Å². The molecular weight excluding hydrogens is 294 g/mol. The molecule has 1 N–H and O–H groups in total. The second-order valence-electron chi connectivity index (χ2n) is 5.01. The van der Waals surface area contributed by atoms with Crippen molar-refractivity contribution in [2.24, 2.45) is 0 Å². The predicted octanol–water partition coefficient (Wildman–Crippen LogP) is 4.73. The summed E-state index contributed by atoms with van der Waals surface area (Å²) in [7, 11) is 0. The topological polar surface area (TPSA) is 47.0 Å². The second-order valence-corrected chi connectivity index (χ2v) is 6.02. The summed E-state index contributed by atoms with van der Waals surface area (Å²) >= 11 is 1.50. The SMILES string of the molecule is Cc1ccc(OC(C)c2nnc(Nc3ccccc3)s2)cc1. The van der Waals surface area contributed by atoms with Crippen molar-refractivity contribution in [3.05, 3.63) is 65.2 Å². The lowest BCUT2D eigenvalue weighted by Crippen LogP contribution is -2.02. The number of hydrogen-bond donors (Lipinski definition) is 1. The van der Waals surface area contributed by atoms with Crippen LogP contribution in [0.5, 0.6) is 5.75 Å². The van der Waals surface area contributed by atoms with Gasteiger partial charge in [-0.1, -0.05) is 47.2 Å². The molecule has 0 aliphatic rings. The molecule has 2 aromatic carbocycles. The third-order valence-electron chi connectivity index (χ3n) is 3.15. The molecule has 1 atom stereocenters. The van der Waals surface area contributed by atoms with Crippen LogP contribution in [0.3, 0.4) is 0 Å². The van der Waals surface area contributed by atoms with Gasteiger partial charge in [-0.2, -0.15) is 0 Å². The summed E-state index contributed by atoms with van der Waals surface area (Å²) in [6, 6.07) is 17.9. The minimum absolute atomic E-state index is 0.133. The molecule has 0 amide bonds. The van der Waals surface area contributed by atoms with E-state index in [0.29, 0.717) is 0 Å². The van der Waals surface area contributed by atoms with E-state index in [9.17, 15) is 0 Å². The third kappa shape index (κ3) is 3.62. The molecule has 1 unspecified atom stereocenters. The number of benzene rings is 2. The van der Waals surface area contributed by atoms with Gasteiger partial charge in [0.25, 0.3) is 0 Å². The summed E-state index contributed by atoms with van der Waals surface area (Å²) in [6.45, 7) is 4.03. The second kappa shape index (κ2) is 6.58. The summed E-state index contributed by atoms with van der Waals surface area (Å²) in [6.07, 6.45) is -0.133. The maximum Gasteiger partial charge on any atom is 0.210 e. The maximum atomic E-state index is 5.90. The van der Waals surface area contributed by atoms with E-state index in [1.54, 1.807) is 0 Å². The smallest absolute Gasteiger partial charge is 0.210 e. The molecule has 1 heterocycles. The summed E-state index contributed by atoms with van der Waals surface area (Å²) in [5.74, 6) is 0.839. The molecule has 0 saturated heterocycles. The largest absolute Gasteiger partial charge is 0.483 e. The van der Waals surface area contributed by atoms with Gasteiger partial charge in [-0.3, -0.25) is 0 Å². The monoisotopic (exact) mass is 311 g/mol. The number of rotatable bonds is 5. The Bertz CT molecular complexity index is 725. The van der Waals surface area contributed by atoms with Crippen molar-refractivity contribution in [3.63, 3.8) is 0 Å². The fourth-order valence-electron chi connectivity index (χ4n) is 1.97. The molecule has 0 fully saturated rings. The standard InChI is InChI=1S/C17H17N3OS/c1-12-8-10-15(11-9-12)21-13(2)16-19-20-17(22-16)18-14-6-4-3-5-7-14/h3-11,13H,1-2H3,(H,18,20). The Hall–Kier alpha value is -2.40. The normalized spacial score (nSPS) is 11.9. The van der Waals surface area contributed by atoms with Gasteiger partial charge in [0.1, 0.15) is 11.9 Å². The Morgan fingerprint density at radius 2 is 1.73 bits per heavy atom. The van der Waals surface area contributed by atoms with Crippen molar-refractivity contribution in [2.75, 3.05) is 5.32 Å². The van der Waals surface area contributed by atoms with Crippen LogP contribution in [0.15, 0.2) is 54.6 Å². The highest BCUT2D eigenvalue weighted by Crippen LogP contribution is 2.27. The van der Waals surface area contributed by atoms with Crippen molar-refractivity contribution in [2.45, 2.75) is 20.0 Å². The number of aromatic nitrogens is 2. The fourth-order valence-corrected chi connectivity index (χ4v) is 2.71. The molecular formula is C17H17N3OS. The number of nitrogens with zero attached hydrogens (tertiary/aromatic N) is 2. The van der Waals surface area contributed by atoms with Gasteiger partial charge < -0.3 is 10.1 Å². The van der Waals surface area contributed by atoms with Crippen LogP contribution in [0.4, 0.5) is 10.8 Å². The number of hydrogen-bond acceptors (Lipinski definition) is 5. The molecule has 0 bridgehead atoms. The Balaban J connectivity index is 1.66. The molecule has 112 valence electrons. The van der Waals surface area contributed by atoms with Gasteiger partial charge in [0.05, 0.1) is 0 Å². The Kier molecular flexibility index (Phi) is 4.34. The summed E-state index contributed by atoms with van der Waals surface area (Å²) in [4.78, 5) is 0. The number of anilines is 2. The Morgan fingerprint density at radius 3 is 2.45 bits per heavy atom. The van der Waals surface area contributed by atoms with Crippen LogP contribution in [0.1, 0.15) is 23.6 Å². The molecule has 3 aromatic rings. The van der Waals surface area contributed by atoms with Gasteiger partial charge in [0, 0.05) is 5.69 Å². The van der Waals surface area contributed by atoms with Crippen LogP contribution in [0.2, 0.25) is 0 Å². The molecule has 3 rings (SSSR count). The minimum atomic E-state index is -0.133. The van der Waals surface area contributed by atoms with E-state index in [-0.39, 0.29) is 6.10 Å². The van der Waals surface area contributed by atoms with Crippen molar-refractivity contribution in [1.29, 1.82) is 0 Å². The first-order valence-corrected chi connectivity index (χ1v) is 7.91. The quantitative estimate of drug-likeness (QED) is 0.740. The first-order valence-electron chi connectivity index (χ1n) is 7.09. The number of para-hydroxylation sites is 1. The first-order chi connectivity index (χ1) is 10.7. The lowest BCUT2D eigenvalue weighted by molar-refractivity contribution is 0.225. The Labute approximate surface area is 133 Å². The van der Waals surface area contributed by atoms with Crippen molar-refractivity contribution in [3.8, 4) is 5.75 Å². The van der Waals surface area contributed by atoms with Crippen molar-refractivity contribution < 1.29 is 4.74 Å². The zero-order valence-corrected chi connectivity index (χ0v) is 13.3. The molecule has 22 heavy (non-hydrogen) atoms. The zero-order valence-electron chi connectivity index (χ0n) is 12.5. The van der Waals surface area contributed by atoms with E-state index in [4.69, 9.17) is 4.74 Å². The highest BCUT2D eigenvalue weighted by atomic mass is 32.1. The average molecular weight is 311 g/mol. The van der Waals surface area contributed by atoms with Gasteiger partial charge in [0.15, 0.2) is 5.01 Å². The minimum Gasteiger partial charge on any atom is -0.483 e. The highest BCUT2D eigenvalue weighted by molar-refractivity contribution is 7.15. The van der Waals surface area contributed by atoms with E-state index in [0.717, 1.165) is 21.6 Å². The molecule has 1 aromatic heterocycles. The van der Waals surface area contributed by atoms with E-state index < -0.39 is 0 Å². The number of aryl methyl sites for hydroxylation is 1. The first kappa shape index (κ1) is 14.5. The molecule has 0 spiro atoms. The molecule has 0 aliphatic carbocycles. The average Bonchev–Trinajstić information content (AvgIpc) is 2.99. The third-order valence-corrected chi connectivity index (χ3v) is 4.15. The summed E-state index contributed by atoms with van der Waals surface area (Å²) < 4.78 is 5.90. The van der Waals surface area contributed by atoms with Crippen molar-refractivity contribution in [1.82, 2.24) is 10.2 Å². The van der Waals surface area contributed by atoms with E-state index in [2.05, 4.69) is 22.4 Å². The molecule has 0 aliphatic heterocycles.